The smallest absolute Gasteiger partial charge is 0.304 e. The first-order valence-electron chi connectivity index (χ1n) is 4.85. The molecule has 0 aliphatic carbocycles. The Balaban J connectivity index is 2.68. The van der Waals surface area contributed by atoms with E-state index >= 15 is 0 Å². The maximum Gasteiger partial charge on any atom is 0.304 e. The van der Waals surface area contributed by atoms with E-state index < -0.39 is 11.4 Å². The standard InChI is InChI=1S/C11H14N2O3/c1-11(2,6-9(14)15)10(16)13-8-4-3-5-12-7-8/h3-5,7H,6H2,1-2H3,(H,13,16)(H,14,15). The average Bonchev–Trinajstić information content (AvgIpc) is 2.17. The minimum atomic E-state index is -0.994. The van der Waals surface area contributed by atoms with Gasteiger partial charge in [0.1, 0.15) is 0 Å². The lowest BCUT2D eigenvalue weighted by molar-refractivity contribution is -0.142. The second-order valence-corrected chi connectivity index (χ2v) is 4.15. The van der Waals surface area contributed by atoms with Crippen LogP contribution in [-0.2, 0) is 9.59 Å². The van der Waals surface area contributed by atoms with Gasteiger partial charge in [-0.3, -0.25) is 14.6 Å². The van der Waals surface area contributed by atoms with Crippen molar-refractivity contribution < 1.29 is 14.7 Å². The molecule has 0 aliphatic rings. The molecule has 1 heterocycles. The molecular formula is C11H14N2O3. The van der Waals surface area contributed by atoms with Crippen LogP contribution in [0.1, 0.15) is 20.3 Å². The van der Waals surface area contributed by atoms with Crippen molar-refractivity contribution in [3.8, 4) is 0 Å². The quantitative estimate of drug-likeness (QED) is 0.809. The summed E-state index contributed by atoms with van der Waals surface area (Å²) in [4.78, 5) is 26.2. The van der Waals surface area contributed by atoms with Gasteiger partial charge in [-0.05, 0) is 12.1 Å². The van der Waals surface area contributed by atoms with E-state index in [1.807, 2.05) is 0 Å². The zero-order valence-corrected chi connectivity index (χ0v) is 9.23. The summed E-state index contributed by atoms with van der Waals surface area (Å²) in [6, 6.07) is 3.39. The van der Waals surface area contributed by atoms with Gasteiger partial charge < -0.3 is 10.4 Å². The van der Waals surface area contributed by atoms with Gasteiger partial charge in [-0.2, -0.15) is 0 Å². The summed E-state index contributed by atoms with van der Waals surface area (Å²) >= 11 is 0. The Morgan fingerprint density at radius 2 is 2.19 bits per heavy atom. The minimum absolute atomic E-state index is 0.209. The molecule has 0 saturated heterocycles. The number of amides is 1. The first-order valence-corrected chi connectivity index (χ1v) is 4.85. The van der Waals surface area contributed by atoms with E-state index in [9.17, 15) is 9.59 Å². The Morgan fingerprint density at radius 3 is 2.69 bits per heavy atom. The van der Waals surface area contributed by atoms with Crippen molar-refractivity contribution in [2.24, 2.45) is 5.41 Å². The summed E-state index contributed by atoms with van der Waals surface area (Å²) in [5.41, 5.74) is -0.382. The van der Waals surface area contributed by atoms with Crippen LogP contribution in [0.2, 0.25) is 0 Å². The van der Waals surface area contributed by atoms with Crippen molar-refractivity contribution in [2.45, 2.75) is 20.3 Å². The fraction of sp³-hybridized carbons (Fsp3) is 0.364. The molecule has 0 saturated carbocycles. The van der Waals surface area contributed by atoms with E-state index in [0.29, 0.717) is 5.69 Å². The van der Waals surface area contributed by atoms with Crippen molar-refractivity contribution in [2.75, 3.05) is 5.32 Å². The molecule has 0 bridgehead atoms. The Kier molecular flexibility index (Phi) is 3.60. The number of nitrogens with zero attached hydrogens (tertiary/aromatic N) is 1. The monoisotopic (exact) mass is 222 g/mol. The summed E-state index contributed by atoms with van der Waals surface area (Å²) < 4.78 is 0. The first kappa shape index (κ1) is 12.2. The van der Waals surface area contributed by atoms with Crippen LogP contribution in [0.5, 0.6) is 0 Å². The van der Waals surface area contributed by atoms with Crippen LogP contribution in [0.15, 0.2) is 24.5 Å². The molecule has 0 spiro atoms. The van der Waals surface area contributed by atoms with E-state index in [2.05, 4.69) is 10.3 Å². The minimum Gasteiger partial charge on any atom is -0.481 e. The number of nitrogens with one attached hydrogen (secondary N) is 1. The number of rotatable bonds is 4. The lowest BCUT2D eigenvalue weighted by Gasteiger charge is -2.21. The number of carbonyl (C=O) groups is 2. The van der Waals surface area contributed by atoms with Crippen LogP contribution in [-0.4, -0.2) is 22.0 Å². The van der Waals surface area contributed by atoms with Crippen LogP contribution < -0.4 is 5.32 Å². The van der Waals surface area contributed by atoms with Gasteiger partial charge in [0, 0.05) is 6.20 Å². The highest BCUT2D eigenvalue weighted by Crippen LogP contribution is 2.22. The van der Waals surface area contributed by atoms with Gasteiger partial charge in [-0.1, -0.05) is 13.8 Å². The van der Waals surface area contributed by atoms with E-state index in [1.165, 1.54) is 6.20 Å². The average molecular weight is 222 g/mol. The highest BCUT2D eigenvalue weighted by molar-refractivity contribution is 5.96. The number of pyridine rings is 1. The molecule has 5 heteroatoms. The zero-order valence-electron chi connectivity index (χ0n) is 9.23. The van der Waals surface area contributed by atoms with Crippen LogP contribution in [0.3, 0.4) is 0 Å². The summed E-state index contributed by atoms with van der Waals surface area (Å²) in [6.07, 6.45) is 2.89. The van der Waals surface area contributed by atoms with Crippen LogP contribution in [0.25, 0.3) is 0 Å². The molecule has 0 atom stereocenters. The highest BCUT2D eigenvalue weighted by Gasteiger charge is 2.30. The van der Waals surface area contributed by atoms with Crippen molar-refractivity contribution in [3.63, 3.8) is 0 Å². The van der Waals surface area contributed by atoms with Crippen molar-refractivity contribution >= 4 is 17.6 Å². The largest absolute Gasteiger partial charge is 0.481 e. The molecule has 86 valence electrons. The maximum absolute atomic E-state index is 11.8. The molecule has 1 amide bonds. The first-order chi connectivity index (χ1) is 7.42. The second-order valence-electron chi connectivity index (χ2n) is 4.15. The number of carboxylic acid groups (broad SMARTS) is 1. The summed E-state index contributed by atoms with van der Waals surface area (Å²) in [6.45, 7) is 3.18. The van der Waals surface area contributed by atoms with E-state index in [4.69, 9.17) is 5.11 Å². The van der Waals surface area contributed by atoms with Gasteiger partial charge in [0.2, 0.25) is 5.91 Å². The number of aromatic nitrogens is 1. The lowest BCUT2D eigenvalue weighted by Crippen LogP contribution is -2.32. The fourth-order valence-electron chi connectivity index (χ4n) is 1.20. The van der Waals surface area contributed by atoms with Crippen molar-refractivity contribution in [1.29, 1.82) is 0 Å². The van der Waals surface area contributed by atoms with E-state index in [0.717, 1.165) is 0 Å². The number of hydrogen-bond donors (Lipinski definition) is 2. The third-order valence-electron chi connectivity index (χ3n) is 2.13. The predicted octanol–water partition coefficient (Wildman–Crippen LogP) is 1.52. The van der Waals surface area contributed by atoms with Gasteiger partial charge in [-0.25, -0.2) is 0 Å². The van der Waals surface area contributed by atoms with Gasteiger partial charge in [0.15, 0.2) is 0 Å². The third kappa shape index (κ3) is 3.34. The number of carbonyl (C=O) groups excluding carboxylic acids is 1. The van der Waals surface area contributed by atoms with Crippen molar-refractivity contribution in [3.05, 3.63) is 24.5 Å². The fourth-order valence-corrected chi connectivity index (χ4v) is 1.20. The van der Waals surface area contributed by atoms with E-state index in [-0.39, 0.29) is 12.3 Å². The Labute approximate surface area is 93.5 Å². The molecule has 1 aromatic rings. The Bertz CT molecular complexity index is 387. The summed E-state index contributed by atoms with van der Waals surface area (Å²) in [5.74, 6) is -1.32. The molecule has 2 N–H and O–H groups in total. The molecular weight excluding hydrogens is 208 g/mol. The molecule has 0 fully saturated rings. The Hall–Kier alpha value is -1.91. The third-order valence-corrected chi connectivity index (χ3v) is 2.13. The molecule has 0 aromatic carbocycles. The molecule has 1 aromatic heterocycles. The maximum atomic E-state index is 11.8. The molecule has 0 radical (unpaired) electrons. The van der Waals surface area contributed by atoms with Gasteiger partial charge >= 0.3 is 5.97 Å². The van der Waals surface area contributed by atoms with Crippen LogP contribution >= 0.6 is 0 Å². The van der Waals surface area contributed by atoms with Crippen molar-refractivity contribution in [1.82, 2.24) is 4.98 Å². The summed E-state index contributed by atoms with van der Waals surface area (Å²) in [5, 5.41) is 11.3. The molecule has 16 heavy (non-hydrogen) atoms. The van der Waals surface area contributed by atoms with Gasteiger partial charge in [0.05, 0.1) is 23.7 Å². The van der Waals surface area contributed by atoms with Gasteiger partial charge in [0.25, 0.3) is 0 Å². The number of hydrogen-bond acceptors (Lipinski definition) is 3. The highest BCUT2D eigenvalue weighted by atomic mass is 16.4. The lowest BCUT2D eigenvalue weighted by atomic mass is 9.88. The Morgan fingerprint density at radius 1 is 1.50 bits per heavy atom. The molecule has 0 unspecified atom stereocenters. The van der Waals surface area contributed by atoms with Gasteiger partial charge in [-0.15, -0.1) is 0 Å². The van der Waals surface area contributed by atoms with E-state index in [1.54, 1.807) is 32.2 Å². The summed E-state index contributed by atoms with van der Waals surface area (Å²) in [7, 11) is 0. The SMILES string of the molecule is CC(C)(CC(=O)O)C(=O)Nc1cccnc1. The van der Waals surface area contributed by atoms with Crippen LogP contribution in [0, 0.1) is 5.41 Å². The molecule has 1 rings (SSSR count). The normalized spacial score (nSPS) is 10.9. The van der Waals surface area contributed by atoms with Crippen LogP contribution in [0.4, 0.5) is 5.69 Å². The number of aliphatic carboxylic acids is 1. The topological polar surface area (TPSA) is 79.3 Å². The molecule has 0 aliphatic heterocycles. The number of carboxylic acids is 1. The zero-order chi connectivity index (χ0) is 12.2. The predicted molar refractivity (Wildman–Crippen MR) is 58.9 cm³/mol. The molecule has 5 nitrogen and oxygen atoms in total. The second kappa shape index (κ2) is 4.74. The number of anilines is 1.